The minimum absolute atomic E-state index is 0.482. The van der Waals surface area contributed by atoms with E-state index in [1.54, 1.807) is 4.88 Å². The zero-order chi connectivity index (χ0) is 13.7. The van der Waals surface area contributed by atoms with Crippen molar-refractivity contribution in [2.24, 2.45) is 34.8 Å². The second-order valence-corrected chi connectivity index (χ2v) is 8.53. The van der Waals surface area contributed by atoms with E-state index in [-0.39, 0.29) is 0 Å². The normalized spacial score (nSPS) is 43.9. The number of hydrogen-bond donors (Lipinski definition) is 1. The summed E-state index contributed by atoms with van der Waals surface area (Å²) in [4.78, 5) is 1.64. The lowest BCUT2D eigenvalue weighted by Gasteiger charge is -2.63. The Bertz CT molecular complexity index is 448. The first-order chi connectivity index (χ1) is 9.76. The molecule has 5 rings (SSSR count). The fourth-order valence-corrected chi connectivity index (χ4v) is 7.36. The fraction of sp³-hybridized carbons (Fsp3) is 0.722. The quantitative estimate of drug-likeness (QED) is 0.870. The van der Waals surface area contributed by atoms with Crippen molar-refractivity contribution in [2.75, 3.05) is 6.54 Å². The van der Waals surface area contributed by atoms with Crippen LogP contribution in [0.1, 0.15) is 49.3 Å². The smallest absolute Gasteiger partial charge is 0.00846 e. The molecule has 1 nitrogen and oxygen atoms in total. The second-order valence-electron chi connectivity index (χ2n) is 7.56. The molecular weight excluding hydrogens is 262 g/mol. The SMILES string of the molecule is [CH2]CC(CN)C12CC3CC(CC(C3)C1c1cccs1)C2. The molecule has 4 aliphatic carbocycles. The van der Waals surface area contributed by atoms with E-state index >= 15 is 0 Å². The molecule has 1 radical (unpaired) electrons. The van der Waals surface area contributed by atoms with Crippen molar-refractivity contribution in [1.82, 2.24) is 0 Å². The summed E-state index contributed by atoms with van der Waals surface area (Å²) in [5.41, 5.74) is 6.67. The third-order valence-corrected chi connectivity index (χ3v) is 7.62. The molecule has 1 heterocycles. The zero-order valence-corrected chi connectivity index (χ0v) is 13.1. The zero-order valence-electron chi connectivity index (χ0n) is 12.3. The molecule has 4 bridgehead atoms. The lowest BCUT2D eigenvalue weighted by molar-refractivity contribution is -0.105. The highest BCUT2D eigenvalue weighted by Gasteiger charge is 2.59. The van der Waals surface area contributed by atoms with Crippen LogP contribution in [-0.2, 0) is 0 Å². The minimum Gasteiger partial charge on any atom is -0.330 e. The maximum Gasteiger partial charge on any atom is 0.00846 e. The third-order valence-electron chi connectivity index (χ3n) is 6.66. The monoisotopic (exact) mass is 288 g/mol. The summed E-state index contributed by atoms with van der Waals surface area (Å²) in [5, 5.41) is 2.26. The summed E-state index contributed by atoms with van der Waals surface area (Å²) >= 11 is 1.98. The van der Waals surface area contributed by atoms with Gasteiger partial charge in [0.15, 0.2) is 0 Å². The van der Waals surface area contributed by atoms with E-state index in [0.29, 0.717) is 11.3 Å². The van der Waals surface area contributed by atoms with Crippen molar-refractivity contribution in [3.05, 3.63) is 29.3 Å². The molecule has 4 saturated carbocycles. The molecule has 20 heavy (non-hydrogen) atoms. The molecule has 0 aromatic carbocycles. The highest BCUT2D eigenvalue weighted by Crippen LogP contribution is 2.69. The van der Waals surface area contributed by atoms with E-state index in [0.717, 1.165) is 36.6 Å². The highest BCUT2D eigenvalue weighted by molar-refractivity contribution is 7.10. The lowest BCUT2D eigenvalue weighted by atomic mass is 9.41. The van der Waals surface area contributed by atoms with Crippen LogP contribution in [0.15, 0.2) is 17.5 Å². The summed E-state index contributed by atoms with van der Waals surface area (Å²) < 4.78 is 0. The minimum atomic E-state index is 0.482. The van der Waals surface area contributed by atoms with Gasteiger partial charge in [-0.15, -0.1) is 11.3 Å². The van der Waals surface area contributed by atoms with Gasteiger partial charge in [0.05, 0.1) is 0 Å². The van der Waals surface area contributed by atoms with Crippen LogP contribution >= 0.6 is 11.3 Å². The van der Waals surface area contributed by atoms with Crippen molar-refractivity contribution in [1.29, 1.82) is 0 Å². The first-order valence-electron chi connectivity index (χ1n) is 8.29. The average molecular weight is 288 g/mol. The average Bonchev–Trinajstić information content (AvgIpc) is 2.92. The van der Waals surface area contributed by atoms with Crippen molar-refractivity contribution in [2.45, 2.75) is 44.4 Å². The van der Waals surface area contributed by atoms with Gasteiger partial charge in [0, 0.05) is 10.8 Å². The van der Waals surface area contributed by atoms with Crippen LogP contribution in [0, 0.1) is 36.0 Å². The predicted molar refractivity (Wildman–Crippen MR) is 85.6 cm³/mol. The maximum absolute atomic E-state index is 6.18. The standard InChI is InChI=1S/C18H26NS/c1-2-15(11-19)18-9-12-6-13(10-18)8-14(7-12)17(18)16-4-3-5-20-16/h3-5,12-15,17H,1-2,6-11,19H2. The van der Waals surface area contributed by atoms with E-state index in [1.165, 1.54) is 32.1 Å². The largest absolute Gasteiger partial charge is 0.330 e. The van der Waals surface area contributed by atoms with Crippen LogP contribution in [-0.4, -0.2) is 6.54 Å². The number of thiophene rings is 1. The summed E-state index contributed by atoms with van der Waals surface area (Å²) in [6.45, 7) is 5.08. The van der Waals surface area contributed by atoms with Crippen LogP contribution in [0.2, 0.25) is 0 Å². The van der Waals surface area contributed by atoms with Crippen LogP contribution < -0.4 is 5.73 Å². The second kappa shape index (κ2) is 4.84. The van der Waals surface area contributed by atoms with E-state index in [4.69, 9.17) is 5.73 Å². The molecule has 4 unspecified atom stereocenters. The molecule has 4 fully saturated rings. The number of nitrogens with two attached hydrogens (primary N) is 1. The van der Waals surface area contributed by atoms with Gasteiger partial charge in [0.25, 0.3) is 0 Å². The number of hydrogen-bond acceptors (Lipinski definition) is 2. The molecule has 109 valence electrons. The third kappa shape index (κ3) is 1.77. The molecule has 2 N–H and O–H groups in total. The highest BCUT2D eigenvalue weighted by atomic mass is 32.1. The van der Waals surface area contributed by atoms with Crippen LogP contribution in [0.25, 0.3) is 0 Å². The Labute approximate surface area is 127 Å². The molecule has 1 aromatic heterocycles. The van der Waals surface area contributed by atoms with E-state index in [2.05, 4.69) is 24.4 Å². The van der Waals surface area contributed by atoms with Gasteiger partial charge in [-0.1, -0.05) is 13.0 Å². The summed E-state index contributed by atoms with van der Waals surface area (Å²) in [7, 11) is 0. The Morgan fingerprint density at radius 1 is 1.30 bits per heavy atom. The van der Waals surface area contributed by atoms with Crippen molar-refractivity contribution >= 4 is 11.3 Å². The summed E-state index contributed by atoms with van der Waals surface area (Å²) in [6, 6.07) is 4.62. The summed E-state index contributed by atoms with van der Waals surface area (Å²) in [5.74, 6) is 4.32. The molecule has 0 spiro atoms. The molecule has 4 aliphatic rings. The van der Waals surface area contributed by atoms with E-state index in [9.17, 15) is 0 Å². The Kier molecular flexibility index (Phi) is 3.23. The molecule has 1 aromatic rings. The molecule has 4 atom stereocenters. The van der Waals surface area contributed by atoms with Crippen LogP contribution in [0.4, 0.5) is 0 Å². The van der Waals surface area contributed by atoms with E-state index in [1.807, 2.05) is 11.3 Å². The molecule has 0 saturated heterocycles. The van der Waals surface area contributed by atoms with Gasteiger partial charge in [-0.05, 0) is 85.6 Å². The predicted octanol–water partition coefficient (Wildman–Crippen LogP) is 4.46. The van der Waals surface area contributed by atoms with Crippen LogP contribution in [0.3, 0.4) is 0 Å². The Balaban J connectivity index is 1.79. The fourth-order valence-electron chi connectivity index (χ4n) is 6.31. The van der Waals surface area contributed by atoms with E-state index < -0.39 is 0 Å². The first kappa shape index (κ1) is 13.3. The van der Waals surface area contributed by atoms with Crippen molar-refractivity contribution in [3.8, 4) is 0 Å². The van der Waals surface area contributed by atoms with Gasteiger partial charge in [0.1, 0.15) is 0 Å². The van der Waals surface area contributed by atoms with Gasteiger partial charge < -0.3 is 5.73 Å². The van der Waals surface area contributed by atoms with Gasteiger partial charge in [0.2, 0.25) is 0 Å². The Morgan fingerprint density at radius 3 is 2.60 bits per heavy atom. The Morgan fingerprint density at radius 2 is 2.05 bits per heavy atom. The van der Waals surface area contributed by atoms with Gasteiger partial charge in [-0.2, -0.15) is 0 Å². The molecule has 2 heteroatoms. The summed E-state index contributed by atoms with van der Waals surface area (Å²) in [6.07, 6.45) is 8.35. The number of rotatable bonds is 4. The van der Waals surface area contributed by atoms with Gasteiger partial charge >= 0.3 is 0 Å². The topological polar surface area (TPSA) is 26.0 Å². The van der Waals surface area contributed by atoms with Gasteiger partial charge in [-0.3, -0.25) is 0 Å². The first-order valence-corrected chi connectivity index (χ1v) is 9.17. The van der Waals surface area contributed by atoms with Crippen LogP contribution in [0.5, 0.6) is 0 Å². The Hall–Kier alpha value is -0.340. The maximum atomic E-state index is 6.18. The van der Waals surface area contributed by atoms with Gasteiger partial charge in [-0.25, -0.2) is 0 Å². The molecular formula is C18H26NS. The lowest BCUT2D eigenvalue weighted by Crippen LogP contribution is -2.55. The van der Waals surface area contributed by atoms with Crippen molar-refractivity contribution in [3.63, 3.8) is 0 Å². The van der Waals surface area contributed by atoms with Crippen molar-refractivity contribution < 1.29 is 0 Å². The molecule has 0 aliphatic heterocycles. The molecule has 0 amide bonds.